The zero-order chi connectivity index (χ0) is 23.5. The molecule has 6 heteroatoms. The predicted octanol–water partition coefficient (Wildman–Crippen LogP) is 5.83. The van der Waals surface area contributed by atoms with Crippen molar-refractivity contribution in [1.29, 1.82) is 0 Å². The molecule has 1 saturated carbocycles. The van der Waals surface area contributed by atoms with Crippen molar-refractivity contribution in [2.45, 2.75) is 46.6 Å². The van der Waals surface area contributed by atoms with Gasteiger partial charge in [-0.2, -0.15) is 0 Å². The molecule has 5 nitrogen and oxygen atoms in total. The van der Waals surface area contributed by atoms with Crippen LogP contribution < -0.4 is 10.2 Å². The second kappa shape index (κ2) is 9.95. The summed E-state index contributed by atoms with van der Waals surface area (Å²) in [4.78, 5) is 29.9. The second-order valence-electron chi connectivity index (χ2n) is 10.1. The Labute approximate surface area is 196 Å². The number of anilines is 2. The Balaban J connectivity index is 1.85. The lowest BCUT2D eigenvalue weighted by Crippen LogP contribution is -2.35. The Morgan fingerprint density at radius 1 is 1.09 bits per heavy atom. The Hall–Kier alpha value is -2.53. The minimum Gasteiger partial charge on any atom is -0.377 e. The van der Waals surface area contributed by atoms with Crippen molar-refractivity contribution >= 4 is 34.8 Å². The summed E-state index contributed by atoms with van der Waals surface area (Å²) in [5, 5.41) is 3.37. The SMILES string of the molecule is CN(C)c1ccc(NC(=O)c2ccccc2Cl)cc1CN(CC1CC1)C(=O)CC(C)(C)C. The van der Waals surface area contributed by atoms with Crippen molar-refractivity contribution in [3.05, 3.63) is 58.6 Å². The Kier molecular flexibility index (Phi) is 7.50. The molecule has 1 aliphatic carbocycles. The summed E-state index contributed by atoms with van der Waals surface area (Å²) in [6, 6.07) is 12.8. The van der Waals surface area contributed by atoms with Crippen LogP contribution in [0.5, 0.6) is 0 Å². The van der Waals surface area contributed by atoms with E-state index in [4.69, 9.17) is 11.6 Å². The zero-order valence-corrected chi connectivity index (χ0v) is 20.5. The van der Waals surface area contributed by atoms with Gasteiger partial charge in [-0.3, -0.25) is 9.59 Å². The number of benzene rings is 2. The molecule has 0 atom stereocenters. The largest absolute Gasteiger partial charge is 0.377 e. The highest BCUT2D eigenvalue weighted by molar-refractivity contribution is 6.34. The molecule has 0 unspecified atom stereocenters. The number of hydrogen-bond acceptors (Lipinski definition) is 3. The first-order valence-corrected chi connectivity index (χ1v) is 11.6. The van der Waals surface area contributed by atoms with E-state index in [2.05, 4.69) is 26.1 Å². The van der Waals surface area contributed by atoms with Gasteiger partial charge in [-0.05, 0) is 60.1 Å². The van der Waals surface area contributed by atoms with Gasteiger partial charge in [0.05, 0.1) is 10.6 Å². The van der Waals surface area contributed by atoms with E-state index in [0.717, 1.165) is 17.8 Å². The normalized spacial score (nSPS) is 13.6. The number of carbonyl (C=O) groups excluding carboxylic acids is 2. The van der Waals surface area contributed by atoms with Crippen molar-refractivity contribution in [3.8, 4) is 0 Å². The molecule has 3 rings (SSSR count). The molecule has 0 spiro atoms. The van der Waals surface area contributed by atoms with E-state index in [-0.39, 0.29) is 17.2 Å². The van der Waals surface area contributed by atoms with Gasteiger partial charge in [-0.25, -0.2) is 0 Å². The summed E-state index contributed by atoms with van der Waals surface area (Å²) in [6.07, 6.45) is 2.89. The monoisotopic (exact) mass is 455 g/mol. The van der Waals surface area contributed by atoms with Crippen LogP contribution in [0.4, 0.5) is 11.4 Å². The Morgan fingerprint density at radius 3 is 2.38 bits per heavy atom. The van der Waals surface area contributed by atoms with E-state index in [1.807, 2.05) is 42.1 Å². The van der Waals surface area contributed by atoms with Crippen LogP contribution in [0.3, 0.4) is 0 Å². The lowest BCUT2D eigenvalue weighted by atomic mass is 9.91. The van der Waals surface area contributed by atoms with Crippen LogP contribution in [0.2, 0.25) is 5.02 Å². The number of nitrogens with one attached hydrogen (secondary N) is 1. The highest BCUT2D eigenvalue weighted by Crippen LogP contribution is 2.33. The summed E-state index contributed by atoms with van der Waals surface area (Å²) >= 11 is 6.18. The van der Waals surface area contributed by atoms with Crippen LogP contribution in [-0.2, 0) is 11.3 Å². The molecule has 1 aliphatic rings. The first-order valence-electron chi connectivity index (χ1n) is 11.2. The summed E-state index contributed by atoms with van der Waals surface area (Å²) in [5.41, 5.74) is 3.10. The quantitative estimate of drug-likeness (QED) is 0.544. The molecule has 1 N–H and O–H groups in total. The molecule has 0 heterocycles. The fraction of sp³-hybridized carbons (Fsp3) is 0.462. The van der Waals surface area contributed by atoms with E-state index in [1.54, 1.807) is 24.3 Å². The molecule has 0 bridgehead atoms. The van der Waals surface area contributed by atoms with Gasteiger partial charge in [-0.15, -0.1) is 0 Å². The van der Waals surface area contributed by atoms with E-state index in [1.165, 1.54) is 12.8 Å². The number of nitrogens with zero attached hydrogens (tertiary/aromatic N) is 2. The summed E-state index contributed by atoms with van der Waals surface area (Å²) < 4.78 is 0. The lowest BCUT2D eigenvalue weighted by Gasteiger charge is -2.29. The average molecular weight is 456 g/mol. The van der Waals surface area contributed by atoms with Gasteiger partial charge < -0.3 is 15.1 Å². The van der Waals surface area contributed by atoms with Gasteiger partial charge >= 0.3 is 0 Å². The van der Waals surface area contributed by atoms with E-state index in [9.17, 15) is 9.59 Å². The molecule has 0 aromatic heterocycles. The molecule has 0 aliphatic heterocycles. The van der Waals surface area contributed by atoms with Gasteiger partial charge in [0.2, 0.25) is 5.91 Å². The number of hydrogen-bond donors (Lipinski definition) is 1. The van der Waals surface area contributed by atoms with Crippen molar-refractivity contribution in [3.63, 3.8) is 0 Å². The van der Waals surface area contributed by atoms with Gasteiger partial charge in [0.1, 0.15) is 0 Å². The average Bonchev–Trinajstić information content (AvgIpc) is 3.50. The minimum atomic E-state index is -0.252. The maximum atomic E-state index is 13.1. The molecule has 2 aromatic rings. The first kappa shape index (κ1) is 24.1. The van der Waals surface area contributed by atoms with Crippen LogP contribution in [0.15, 0.2) is 42.5 Å². The van der Waals surface area contributed by atoms with Crippen molar-refractivity contribution in [1.82, 2.24) is 4.90 Å². The third-order valence-electron chi connectivity index (χ3n) is 5.51. The predicted molar refractivity (Wildman–Crippen MR) is 132 cm³/mol. The van der Waals surface area contributed by atoms with Crippen LogP contribution >= 0.6 is 11.6 Å². The van der Waals surface area contributed by atoms with Crippen molar-refractivity contribution in [2.75, 3.05) is 30.9 Å². The number of amides is 2. The summed E-state index contributed by atoms with van der Waals surface area (Å²) in [5.74, 6) is 0.530. The van der Waals surface area contributed by atoms with Crippen LogP contribution in [0.1, 0.15) is 56.0 Å². The van der Waals surface area contributed by atoms with Gasteiger partial charge in [-0.1, -0.05) is 44.5 Å². The third kappa shape index (κ3) is 6.73. The van der Waals surface area contributed by atoms with Crippen LogP contribution in [0, 0.1) is 11.3 Å². The minimum absolute atomic E-state index is 0.0615. The summed E-state index contributed by atoms with van der Waals surface area (Å²) in [6.45, 7) is 7.59. The highest BCUT2D eigenvalue weighted by Gasteiger charge is 2.29. The number of halogens is 1. The van der Waals surface area contributed by atoms with Crippen LogP contribution in [0.25, 0.3) is 0 Å². The number of carbonyl (C=O) groups is 2. The van der Waals surface area contributed by atoms with Gasteiger partial charge in [0.15, 0.2) is 0 Å². The van der Waals surface area contributed by atoms with Crippen molar-refractivity contribution in [2.24, 2.45) is 11.3 Å². The second-order valence-corrected chi connectivity index (χ2v) is 10.5. The third-order valence-corrected chi connectivity index (χ3v) is 5.84. The first-order chi connectivity index (χ1) is 15.0. The van der Waals surface area contributed by atoms with E-state index < -0.39 is 0 Å². The van der Waals surface area contributed by atoms with Crippen molar-refractivity contribution < 1.29 is 9.59 Å². The molecule has 0 saturated heterocycles. The maximum absolute atomic E-state index is 13.1. The standard InChI is InChI=1S/C26H34ClN3O2/c1-26(2,3)15-24(31)30(16-18-10-11-18)17-19-14-20(12-13-23(19)29(4)5)28-25(32)21-8-6-7-9-22(21)27/h6-9,12-14,18H,10-11,15-17H2,1-5H3,(H,28,32). The molecule has 172 valence electrons. The van der Waals surface area contributed by atoms with E-state index in [0.29, 0.717) is 35.2 Å². The van der Waals surface area contributed by atoms with Gasteiger partial charge in [0.25, 0.3) is 5.91 Å². The Morgan fingerprint density at radius 2 is 1.78 bits per heavy atom. The maximum Gasteiger partial charge on any atom is 0.257 e. The molecular formula is C26H34ClN3O2. The van der Waals surface area contributed by atoms with E-state index >= 15 is 0 Å². The highest BCUT2D eigenvalue weighted by atomic mass is 35.5. The molecule has 2 aromatic carbocycles. The molecular weight excluding hydrogens is 422 g/mol. The number of rotatable bonds is 8. The molecule has 2 amide bonds. The fourth-order valence-corrected chi connectivity index (χ4v) is 3.93. The molecule has 0 radical (unpaired) electrons. The smallest absolute Gasteiger partial charge is 0.257 e. The van der Waals surface area contributed by atoms with Gasteiger partial charge in [0, 0.05) is 45.0 Å². The molecule has 32 heavy (non-hydrogen) atoms. The Bertz CT molecular complexity index is 977. The molecule has 1 fully saturated rings. The fourth-order valence-electron chi connectivity index (χ4n) is 3.71. The van der Waals surface area contributed by atoms with Crippen LogP contribution in [-0.4, -0.2) is 37.4 Å². The lowest BCUT2D eigenvalue weighted by molar-refractivity contribution is -0.134. The topological polar surface area (TPSA) is 52.7 Å². The zero-order valence-electron chi connectivity index (χ0n) is 19.7. The summed E-state index contributed by atoms with van der Waals surface area (Å²) in [7, 11) is 3.98.